The lowest BCUT2D eigenvalue weighted by Gasteiger charge is -2.10. The van der Waals surface area contributed by atoms with Crippen LogP contribution in [0.3, 0.4) is 0 Å². The molecule has 0 bridgehead atoms. The Bertz CT molecular complexity index is 891. The standard InChI is InChI=1S/C25H27NO3/c1-2-3-17-28-24-11-7-10-22(19-24)26-25(27)21-12-14-23(15-13-21)29-18-16-20-8-5-4-6-9-20/h4-15,19H,2-3,16-18H2,1H3,(H,26,27). The van der Waals surface area contributed by atoms with Gasteiger partial charge in [-0.05, 0) is 48.4 Å². The van der Waals surface area contributed by atoms with Gasteiger partial charge in [-0.15, -0.1) is 0 Å². The van der Waals surface area contributed by atoms with Gasteiger partial charge in [0.1, 0.15) is 11.5 Å². The monoisotopic (exact) mass is 389 g/mol. The Labute approximate surface area is 172 Å². The molecule has 3 rings (SSSR count). The van der Waals surface area contributed by atoms with E-state index in [0.717, 1.165) is 30.8 Å². The summed E-state index contributed by atoms with van der Waals surface area (Å²) in [4.78, 5) is 12.5. The number of hydrogen-bond donors (Lipinski definition) is 1. The van der Waals surface area contributed by atoms with Crippen molar-refractivity contribution in [3.8, 4) is 11.5 Å². The van der Waals surface area contributed by atoms with E-state index in [-0.39, 0.29) is 5.91 Å². The molecule has 0 unspecified atom stereocenters. The van der Waals surface area contributed by atoms with Crippen molar-refractivity contribution in [1.82, 2.24) is 0 Å². The fourth-order valence-corrected chi connectivity index (χ4v) is 2.84. The summed E-state index contributed by atoms with van der Waals surface area (Å²) >= 11 is 0. The lowest BCUT2D eigenvalue weighted by atomic mass is 10.1. The maximum Gasteiger partial charge on any atom is 0.255 e. The van der Waals surface area contributed by atoms with Crippen LogP contribution in [0.2, 0.25) is 0 Å². The van der Waals surface area contributed by atoms with Crippen molar-refractivity contribution in [2.75, 3.05) is 18.5 Å². The second-order valence-electron chi connectivity index (χ2n) is 6.79. The van der Waals surface area contributed by atoms with Crippen LogP contribution >= 0.6 is 0 Å². The van der Waals surface area contributed by atoms with E-state index >= 15 is 0 Å². The molecule has 3 aromatic rings. The van der Waals surface area contributed by atoms with Crippen LogP contribution < -0.4 is 14.8 Å². The third-order valence-electron chi connectivity index (χ3n) is 4.48. The smallest absolute Gasteiger partial charge is 0.255 e. The van der Waals surface area contributed by atoms with Crippen molar-refractivity contribution in [3.63, 3.8) is 0 Å². The maximum absolute atomic E-state index is 12.5. The van der Waals surface area contributed by atoms with Gasteiger partial charge in [-0.3, -0.25) is 4.79 Å². The third kappa shape index (κ3) is 6.68. The van der Waals surface area contributed by atoms with Crippen LogP contribution in [0, 0.1) is 0 Å². The number of amides is 1. The molecule has 0 aliphatic heterocycles. The van der Waals surface area contributed by atoms with Gasteiger partial charge < -0.3 is 14.8 Å². The molecule has 0 aliphatic rings. The second kappa shape index (κ2) is 10.9. The number of benzene rings is 3. The predicted molar refractivity (Wildman–Crippen MR) is 117 cm³/mol. The van der Waals surface area contributed by atoms with Crippen LogP contribution in [0.1, 0.15) is 35.7 Å². The van der Waals surface area contributed by atoms with Crippen molar-refractivity contribution >= 4 is 11.6 Å². The Morgan fingerprint density at radius 2 is 1.59 bits per heavy atom. The molecule has 0 aromatic heterocycles. The highest BCUT2D eigenvalue weighted by Crippen LogP contribution is 2.19. The normalized spacial score (nSPS) is 10.4. The van der Waals surface area contributed by atoms with Crippen molar-refractivity contribution < 1.29 is 14.3 Å². The number of rotatable bonds is 10. The fraction of sp³-hybridized carbons (Fsp3) is 0.240. The first-order valence-corrected chi connectivity index (χ1v) is 10.1. The highest BCUT2D eigenvalue weighted by atomic mass is 16.5. The molecule has 150 valence electrons. The molecule has 3 aromatic carbocycles. The number of hydrogen-bond acceptors (Lipinski definition) is 3. The zero-order valence-corrected chi connectivity index (χ0v) is 16.8. The average molecular weight is 389 g/mol. The number of ether oxygens (including phenoxy) is 2. The van der Waals surface area contributed by atoms with E-state index in [1.807, 2.05) is 54.6 Å². The Morgan fingerprint density at radius 3 is 2.34 bits per heavy atom. The highest BCUT2D eigenvalue weighted by Gasteiger charge is 2.07. The van der Waals surface area contributed by atoms with Gasteiger partial charge in [0.25, 0.3) is 5.91 Å². The van der Waals surface area contributed by atoms with Crippen molar-refractivity contribution in [1.29, 1.82) is 0 Å². The molecule has 0 saturated carbocycles. The van der Waals surface area contributed by atoms with E-state index in [9.17, 15) is 4.79 Å². The first-order chi connectivity index (χ1) is 14.2. The Kier molecular flexibility index (Phi) is 7.70. The molecule has 4 nitrogen and oxygen atoms in total. The minimum Gasteiger partial charge on any atom is -0.494 e. The van der Waals surface area contributed by atoms with Gasteiger partial charge in [-0.25, -0.2) is 0 Å². The lowest BCUT2D eigenvalue weighted by Crippen LogP contribution is -2.12. The number of anilines is 1. The molecule has 0 saturated heterocycles. The molecule has 0 radical (unpaired) electrons. The lowest BCUT2D eigenvalue weighted by molar-refractivity contribution is 0.102. The van der Waals surface area contributed by atoms with Gasteiger partial charge in [0, 0.05) is 23.7 Å². The minimum atomic E-state index is -0.161. The summed E-state index contributed by atoms with van der Waals surface area (Å²) < 4.78 is 11.5. The zero-order chi connectivity index (χ0) is 20.3. The first-order valence-electron chi connectivity index (χ1n) is 10.1. The zero-order valence-electron chi connectivity index (χ0n) is 16.8. The molecule has 0 aliphatic carbocycles. The molecular formula is C25H27NO3. The van der Waals surface area contributed by atoms with Gasteiger partial charge in [0.15, 0.2) is 0 Å². The summed E-state index contributed by atoms with van der Waals surface area (Å²) in [5, 5.41) is 2.91. The SMILES string of the molecule is CCCCOc1cccc(NC(=O)c2ccc(OCCc3ccccc3)cc2)c1. The second-order valence-corrected chi connectivity index (χ2v) is 6.79. The van der Waals surface area contributed by atoms with Crippen LogP contribution in [-0.2, 0) is 6.42 Å². The third-order valence-corrected chi connectivity index (χ3v) is 4.48. The van der Waals surface area contributed by atoms with E-state index in [2.05, 4.69) is 24.4 Å². The van der Waals surface area contributed by atoms with Crippen molar-refractivity contribution in [2.45, 2.75) is 26.2 Å². The highest BCUT2D eigenvalue weighted by molar-refractivity contribution is 6.04. The molecule has 1 amide bonds. The predicted octanol–water partition coefficient (Wildman–Crippen LogP) is 5.74. The summed E-state index contributed by atoms with van der Waals surface area (Å²) in [6.45, 7) is 3.40. The van der Waals surface area contributed by atoms with Gasteiger partial charge in [0.2, 0.25) is 0 Å². The molecule has 4 heteroatoms. The maximum atomic E-state index is 12.5. The fourth-order valence-electron chi connectivity index (χ4n) is 2.84. The van der Waals surface area contributed by atoms with Crippen LogP contribution in [-0.4, -0.2) is 19.1 Å². The molecule has 0 atom stereocenters. The first kappa shape index (κ1) is 20.5. The molecule has 0 fully saturated rings. The number of unbranched alkanes of at least 4 members (excludes halogenated alkanes) is 1. The summed E-state index contributed by atoms with van der Waals surface area (Å²) in [7, 11) is 0. The number of carbonyl (C=O) groups is 1. The summed E-state index contributed by atoms with van der Waals surface area (Å²) in [6.07, 6.45) is 2.94. The topological polar surface area (TPSA) is 47.6 Å². The van der Waals surface area contributed by atoms with E-state index in [1.165, 1.54) is 5.56 Å². The molecular weight excluding hydrogens is 362 g/mol. The summed E-state index contributed by atoms with van der Waals surface area (Å²) in [6, 6.07) is 24.9. The Morgan fingerprint density at radius 1 is 0.828 bits per heavy atom. The molecule has 29 heavy (non-hydrogen) atoms. The van der Waals surface area contributed by atoms with Gasteiger partial charge in [0.05, 0.1) is 13.2 Å². The molecule has 0 heterocycles. The average Bonchev–Trinajstić information content (AvgIpc) is 2.75. The Hall–Kier alpha value is -3.27. The van der Waals surface area contributed by atoms with Gasteiger partial charge >= 0.3 is 0 Å². The van der Waals surface area contributed by atoms with Crippen molar-refractivity contribution in [3.05, 3.63) is 90.0 Å². The van der Waals surface area contributed by atoms with Crippen molar-refractivity contribution in [2.24, 2.45) is 0 Å². The van der Waals surface area contributed by atoms with Gasteiger partial charge in [-0.1, -0.05) is 49.7 Å². The quantitative estimate of drug-likeness (QED) is 0.450. The van der Waals surface area contributed by atoms with E-state index in [1.54, 1.807) is 12.1 Å². The van der Waals surface area contributed by atoms with E-state index < -0.39 is 0 Å². The van der Waals surface area contributed by atoms with Crippen LogP contribution in [0.15, 0.2) is 78.9 Å². The van der Waals surface area contributed by atoms with Crippen LogP contribution in [0.25, 0.3) is 0 Å². The summed E-state index contributed by atoms with van der Waals surface area (Å²) in [5.41, 5.74) is 2.54. The largest absolute Gasteiger partial charge is 0.494 e. The van der Waals surface area contributed by atoms with E-state index in [0.29, 0.717) is 24.5 Å². The number of carbonyl (C=O) groups excluding carboxylic acids is 1. The molecule has 0 spiro atoms. The Balaban J connectivity index is 1.50. The van der Waals surface area contributed by atoms with Crippen LogP contribution in [0.4, 0.5) is 5.69 Å². The van der Waals surface area contributed by atoms with E-state index in [4.69, 9.17) is 9.47 Å². The van der Waals surface area contributed by atoms with Crippen LogP contribution in [0.5, 0.6) is 11.5 Å². The molecule has 1 N–H and O–H groups in total. The van der Waals surface area contributed by atoms with Gasteiger partial charge in [-0.2, -0.15) is 0 Å². The minimum absolute atomic E-state index is 0.161. The number of nitrogens with one attached hydrogen (secondary N) is 1. The summed E-state index contributed by atoms with van der Waals surface area (Å²) in [5.74, 6) is 1.36.